The summed E-state index contributed by atoms with van der Waals surface area (Å²) in [7, 11) is 1.50. The third-order valence-electron chi connectivity index (χ3n) is 0. The average Bonchev–Trinajstić information content (AvgIpc) is 1.33. The first-order valence-corrected chi connectivity index (χ1v) is 8.18. The van der Waals surface area contributed by atoms with Crippen molar-refractivity contribution in [3.05, 3.63) is 0 Å². The van der Waals surface area contributed by atoms with E-state index in [0.29, 0.717) is 0 Å². The molecule has 0 aromatic heterocycles. The molecule has 0 saturated heterocycles. The Bertz CT molecular complexity index is 45.6. The van der Waals surface area contributed by atoms with E-state index < -0.39 is 3.37 Å². The summed E-state index contributed by atoms with van der Waals surface area (Å²) in [5, 5.41) is 0. The normalized spacial score (nSPS) is 15.1. The molecule has 2 N–H and O–H groups in total. The van der Waals surface area contributed by atoms with Crippen molar-refractivity contribution in [3.8, 4) is 0 Å². The van der Waals surface area contributed by atoms with Crippen LogP contribution in [0.4, 0.5) is 0 Å². The fourth-order valence-electron chi connectivity index (χ4n) is 0. The second-order valence-electron chi connectivity index (χ2n) is 0.639. The Balaban J connectivity index is 0. The van der Waals surface area contributed by atoms with Crippen molar-refractivity contribution in [1.82, 2.24) is 0 Å². The first-order chi connectivity index (χ1) is 3.24. The Morgan fingerprint density at radius 2 is 0.875 bits per heavy atom. The summed E-state index contributed by atoms with van der Waals surface area (Å²) in [4.78, 5) is 0. The molecular formula is CH5Cl5NP. The summed E-state index contributed by atoms with van der Waals surface area (Å²) >= 11 is 24.9. The van der Waals surface area contributed by atoms with Crippen molar-refractivity contribution in [2.75, 3.05) is 7.05 Å². The SMILES string of the molecule is CN.ClP(Cl)(Cl)(Cl)Cl. The van der Waals surface area contributed by atoms with Crippen molar-refractivity contribution in [1.29, 1.82) is 0 Å². The van der Waals surface area contributed by atoms with E-state index in [-0.39, 0.29) is 0 Å². The molecule has 0 aliphatic heterocycles. The van der Waals surface area contributed by atoms with Crippen LogP contribution in [-0.4, -0.2) is 7.05 Å². The molecular weight excluding hydrogens is 234 g/mol. The van der Waals surface area contributed by atoms with Gasteiger partial charge in [0.05, 0.1) is 0 Å². The maximum absolute atomic E-state index is 4.98. The number of halogens is 5. The zero-order valence-corrected chi connectivity index (χ0v) is 8.59. The fourth-order valence-corrected chi connectivity index (χ4v) is 0. The third kappa shape index (κ3) is 108. The first kappa shape index (κ1) is 12.5. The predicted octanol–water partition coefficient (Wildman–Crippen LogP) is 3.88. The van der Waals surface area contributed by atoms with Gasteiger partial charge in [-0.25, -0.2) is 0 Å². The first-order valence-electron chi connectivity index (χ1n) is 1.42. The molecule has 54 valence electrons. The number of hydrogen-bond donors (Lipinski definition) is 1. The van der Waals surface area contributed by atoms with Gasteiger partial charge in [0.25, 0.3) is 0 Å². The van der Waals surface area contributed by atoms with Crippen molar-refractivity contribution >= 4 is 59.6 Å². The van der Waals surface area contributed by atoms with Crippen LogP contribution >= 0.6 is 59.6 Å². The molecule has 0 atom stereocenters. The molecule has 8 heavy (non-hydrogen) atoms. The van der Waals surface area contributed by atoms with Crippen LogP contribution in [-0.2, 0) is 0 Å². The quantitative estimate of drug-likeness (QED) is 0.638. The molecule has 0 heterocycles. The Morgan fingerprint density at radius 3 is 0.875 bits per heavy atom. The monoisotopic (exact) mass is 237 g/mol. The van der Waals surface area contributed by atoms with Gasteiger partial charge in [-0.2, -0.15) is 0 Å². The minimum absolute atomic E-state index is 1.50. The number of nitrogens with two attached hydrogens (primary N) is 1. The zero-order valence-electron chi connectivity index (χ0n) is 3.91. The van der Waals surface area contributed by atoms with Gasteiger partial charge in [-0.1, -0.05) is 0 Å². The van der Waals surface area contributed by atoms with Gasteiger partial charge in [-0.3, -0.25) is 0 Å². The fraction of sp³-hybridized carbons (Fsp3) is 1.00. The average molecular weight is 239 g/mol. The molecule has 0 saturated carbocycles. The molecule has 0 aromatic carbocycles. The molecule has 0 bridgehead atoms. The van der Waals surface area contributed by atoms with E-state index in [1.165, 1.54) is 7.05 Å². The molecule has 0 fully saturated rings. The van der Waals surface area contributed by atoms with Crippen LogP contribution in [0.2, 0.25) is 0 Å². The molecule has 0 spiro atoms. The summed E-state index contributed by atoms with van der Waals surface area (Å²) in [5.41, 5.74) is 4.50. The van der Waals surface area contributed by atoms with Crippen LogP contribution in [0.5, 0.6) is 0 Å². The van der Waals surface area contributed by atoms with Gasteiger partial charge in [0.1, 0.15) is 0 Å². The molecule has 1 nitrogen and oxygen atoms in total. The third-order valence-corrected chi connectivity index (χ3v) is 0. The molecule has 0 aromatic rings. The van der Waals surface area contributed by atoms with E-state index in [1.807, 2.05) is 0 Å². The zero-order chi connectivity index (χ0) is 7.45. The molecule has 0 radical (unpaired) electrons. The Hall–Kier alpha value is 1.84. The van der Waals surface area contributed by atoms with E-state index in [4.69, 9.17) is 56.2 Å². The van der Waals surface area contributed by atoms with Crippen LogP contribution in [0, 0.1) is 0 Å². The van der Waals surface area contributed by atoms with Gasteiger partial charge >= 0.3 is 59.6 Å². The van der Waals surface area contributed by atoms with Crippen LogP contribution in [0.25, 0.3) is 0 Å². The van der Waals surface area contributed by atoms with E-state index in [2.05, 4.69) is 5.73 Å². The summed E-state index contributed by atoms with van der Waals surface area (Å²) in [6, 6.07) is 0. The van der Waals surface area contributed by atoms with Crippen LogP contribution in [0.15, 0.2) is 0 Å². The van der Waals surface area contributed by atoms with E-state index in [0.717, 1.165) is 0 Å². The Kier molecular flexibility index (Phi) is 6.06. The van der Waals surface area contributed by atoms with Crippen molar-refractivity contribution < 1.29 is 0 Å². The Labute approximate surface area is 72.2 Å². The summed E-state index contributed by atoms with van der Waals surface area (Å²) in [6.45, 7) is 0. The van der Waals surface area contributed by atoms with Gasteiger partial charge in [-0.05, 0) is 7.05 Å². The summed E-state index contributed by atoms with van der Waals surface area (Å²) < 4.78 is -3.69. The summed E-state index contributed by atoms with van der Waals surface area (Å²) in [6.07, 6.45) is 0. The molecule has 0 aliphatic rings. The second kappa shape index (κ2) is 3.88. The van der Waals surface area contributed by atoms with E-state index >= 15 is 0 Å². The van der Waals surface area contributed by atoms with E-state index in [9.17, 15) is 0 Å². The van der Waals surface area contributed by atoms with Crippen molar-refractivity contribution in [2.45, 2.75) is 0 Å². The van der Waals surface area contributed by atoms with Crippen LogP contribution < -0.4 is 5.73 Å². The van der Waals surface area contributed by atoms with Crippen molar-refractivity contribution in [2.24, 2.45) is 5.73 Å². The number of hydrogen-bond acceptors (Lipinski definition) is 1. The molecule has 0 aliphatic carbocycles. The van der Waals surface area contributed by atoms with Gasteiger partial charge in [0.15, 0.2) is 0 Å². The number of rotatable bonds is 0. The van der Waals surface area contributed by atoms with Gasteiger partial charge < -0.3 is 5.73 Å². The molecule has 0 unspecified atom stereocenters. The van der Waals surface area contributed by atoms with Crippen LogP contribution in [0.3, 0.4) is 0 Å². The second-order valence-corrected chi connectivity index (χ2v) is 17.2. The van der Waals surface area contributed by atoms with Crippen molar-refractivity contribution in [3.63, 3.8) is 0 Å². The van der Waals surface area contributed by atoms with Gasteiger partial charge in [0.2, 0.25) is 0 Å². The standard InChI is InChI=1S/CH5N.Cl5P/c1-2;1-6(2,3,4)5/h2H2,1H3;. The molecule has 0 amide bonds. The van der Waals surface area contributed by atoms with Gasteiger partial charge in [-0.15, -0.1) is 0 Å². The molecule has 7 heteroatoms. The van der Waals surface area contributed by atoms with Crippen LogP contribution in [0.1, 0.15) is 0 Å². The molecule has 0 rings (SSSR count). The maximum atomic E-state index is 4.98. The summed E-state index contributed by atoms with van der Waals surface area (Å²) in [5.74, 6) is 0. The van der Waals surface area contributed by atoms with Gasteiger partial charge in [0, 0.05) is 0 Å². The minimum atomic E-state index is -3.69. The Morgan fingerprint density at radius 1 is 0.875 bits per heavy atom. The predicted molar refractivity (Wildman–Crippen MR) is 46.3 cm³/mol. The topological polar surface area (TPSA) is 26.0 Å². The van der Waals surface area contributed by atoms with E-state index in [1.54, 1.807) is 0 Å².